The third kappa shape index (κ3) is 3.26. The van der Waals surface area contributed by atoms with Gasteiger partial charge in [-0.25, -0.2) is 9.78 Å². The quantitative estimate of drug-likeness (QED) is 0.686. The van der Waals surface area contributed by atoms with Crippen molar-refractivity contribution < 1.29 is 0 Å². The van der Waals surface area contributed by atoms with Crippen LogP contribution in [0, 0.1) is 5.92 Å². The first-order valence-electron chi connectivity index (χ1n) is 10.7. The van der Waals surface area contributed by atoms with Gasteiger partial charge >= 0.3 is 5.69 Å². The first-order valence-corrected chi connectivity index (χ1v) is 10.7. The highest BCUT2D eigenvalue weighted by molar-refractivity contribution is 5.74. The van der Waals surface area contributed by atoms with E-state index in [1.165, 1.54) is 23.8 Å². The van der Waals surface area contributed by atoms with Crippen LogP contribution in [0.3, 0.4) is 0 Å². The molecular weight excluding hydrogens is 364 g/mol. The van der Waals surface area contributed by atoms with E-state index in [9.17, 15) is 9.59 Å². The summed E-state index contributed by atoms with van der Waals surface area (Å²) in [5.74, 6) is 1.26. The normalized spacial score (nSPS) is 17.0. The van der Waals surface area contributed by atoms with Crippen molar-refractivity contribution in [1.29, 1.82) is 0 Å². The van der Waals surface area contributed by atoms with Gasteiger partial charge in [0.15, 0.2) is 11.2 Å². The van der Waals surface area contributed by atoms with Gasteiger partial charge in [0, 0.05) is 19.2 Å². The summed E-state index contributed by atoms with van der Waals surface area (Å²) in [6, 6.07) is 9.91. The van der Waals surface area contributed by atoms with Gasteiger partial charge < -0.3 is 0 Å². The molecule has 29 heavy (non-hydrogen) atoms. The van der Waals surface area contributed by atoms with Gasteiger partial charge in [0.05, 0.1) is 6.54 Å². The third-order valence-corrected chi connectivity index (χ3v) is 6.27. The van der Waals surface area contributed by atoms with Crippen molar-refractivity contribution >= 4 is 17.4 Å². The van der Waals surface area contributed by atoms with Crippen molar-refractivity contribution in [2.75, 3.05) is 0 Å². The summed E-state index contributed by atoms with van der Waals surface area (Å²) in [4.78, 5) is 31.6. The highest BCUT2D eigenvalue weighted by Crippen LogP contribution is 2.25. The van der Waals surface area contributed by atoms with Gasteiger partial charge in [-0.05, 0) is 30.7 Å². The smallest absolute Gasteiger partial charge is 0.297 e. The zero-order chi connectivity index (χ0) is 19.8. The predicted octanol–water partition coefficient (Wildman–Crippen LogP) is 3.41. The summed E-state index contributed by atoms with van der Waals surface area (Å²) in [5, 5.41) is 0. The maximum atomic E-state index is 13.5. The molecule has 2 aliphatic rings. The second-order valence-electron chi connectivity index (χ2n) is 8.27. The van der Waals surface area contributed by atoms with E-state index in [1.54, 1.807) is 4.57 Å². The van der Waals surface area contributed by atoms with Gasteiger partial charge in [-0.1, -0.05) is 55.7 Å². The first-order chi connectivity index (χ1) is 14.2. The van der Waals surface area contributed by atoms with Crippen molar-refractivity contribution in [3.05, 3.63) is 68.6 Å². The van der Waals surface area contributed by atoms with E-state index in [1.807, 2.05) is 41.1 Å². The van der Waals surface area contributed by atoms with Gasteiger partial charge in [0.2, 0.25) is 0 Å². The van der Waals surface area contributed by atoms with E-state index in [-0.39, 0.29) is 11.2 Å². The van der Waals surface area contributed by atoms with Gasteiger partial charge in [-0.15, -0.1) is 0 Å². The maximum absolute atomic E-state index is 13.5. The highest BCUT2D eigenvalue weighted by atomic mass is 16.2. The first kappa shape index (κ1) is 18.2. The van der Waals surface area contributed by atoms with Crippen LogP contribution in [0.2, 0.25) is 0 Å². The van der Waals surface area contributed by atoms with Gasteiger partial charge in [-0.3, -0.25) is 18.5 Å². The molecule has 1 aromatic carbocycles. The lowest BCUT2D eigenvalue weighted by molar-refractivity contribution is 0.310. The lowest BCUT2D eigenvalue weighted by Crippen LogP contribution is -2.42. The number of aryl methyl sites for hydroxylation is 1. The van der Waals surface area contributed by atoms with Crippen molar-refractivity contribution in [3.8, 4) is 0 Å². The number of benzene rings is 1. The minimum Gasteiger partial charge on any atom is -0.297 e. The Balaban J connectivity index is 1.70. The molecule has 1 aliphatic carbocycles. The van der Waals surface area contributed by atoms with E-state index >= 15 is 0 Å². The summed E-state index contributed by atoms with van der Waals surface area (Å²) in [5.41, 5.74) is 1.62. The molecule has 0 bridgehead atoms. The molecule has 2 aromatic heterocycles. The Morgan fingerprint density at radius 2 is 1.79 bits per heavy atom. The molecule has 3 aromatic rings. The zero-order valence-corrected chi connectivity index (χ0v) is 16.6. The molecule has 6 heteroatoms. The molecule has 6 nitrogen and oxygen atoms in total. The summed E-state index contributed by atoms with van der Waals surface area (Å²) >= 11 is 0. The van der Waals surface area contributed by atoms with Crippen LogP contribution in [0.25, 0.3) is 17.4 Å². The number of fused-ring (bicyclic) bond motifs is 3. The van der Waals surface area contributed by atoms with Crippen LogP contribution in [0.4, 0.5) is 0 Å². The Bertz CT molecular complexity index is 1180. The van der Waals surface area contributed by atoms with Gasteiger partial charge in [-0.2, -0.15) is 0 Å². The van der Waals surface area contributed by atoms with Crippen LogP contribution in [-0.2, 0) is 19.5 Å². The van der Waals surface area contributed by atoms with Crippen molar-refractivity contribution in [2.45, 2.75) is 58.0 Å². The standard InChI is InChI=1S/C23H26N4O2/c28-22-20-21(24-19-13-7-8-14-25(19)20)26(15-17-9-3-1-4-10-17)23(29)27(22)16-18-11-5-2-6-12-18/h1,3-4,8-10,14,18H,2,5-7,11-13,15-16H2. The number of hydrogen-bond acceptors (Lipinski definition) is 3. The van der Waals surface area contributed by atoms with E-state index in [0.29, 0.717) is 30.2 Å². The molecule has 0 radical (unpaired) electrons. The maximum Gasteiger partial charge on any atom is 0.333 e. The lowest BCUT2D eigenvalue weighted by atomic mass is 9.89. The number of aromatic nitrogens is 4. The Morgan fingerprint density at radius 1 is 1.00 bits per heavy atom. The zero-order valence-electron chi connectivity index (χ0n) is 16.6. The predicted molar refractivity (Wildman–Crippen MR) is 114 cm³/mol. The number of rotatable bonds is 4. The fraction of sp³-hybridized carbons (Fsp3) is 0.435. The Hall–Kier alpha value is -2.89. The molecule has 0 amide bonds. The second kappa shape index (κ2) is 7.50. The van der Waals surface area contributed by atoms with Gasteiger partial charge in [0.25, 0.3) is 5.56 Å². The van der Waals surface area contributed by atoms with Crippen LogP contribution in [0.15, 0.2) is 46.0 Å². The Labute approximate surface area is 169 Å². The Morgan fingerprint density at radius 3 is 2.59 bits per heavy atom. The molecule has 150 valence electrons. The number of nitrogens with zero attached hydrogens (tertiary/aromatic N) is 4. The SMILES string of the molecule is O=c1c2c(nc3n2C=CCC3)n(Cc2ccccc2)c(=O)n1CC1CCCCC1. The fourth-order valence-electron chi connectivity index (χ4n) is 4.73. The minimum absolute atomic E-state index is 0.204. The van der Waals surface area contributed by atoms with Crippen molar-refractivity contribution in [2.24, 2.45) is 5.92 Å². The van der Waals surface area contributed by atoms with E-state index in [2.05, 4.69) is 6.08 Å². The van der Waals surface area contributed by atoms with Crippen LogP contribution < -0.4 is 11.2 Å². The molecule has 1 saturated carbocycles. The Kier molecular flexibility index (Phi) is 4.70. The summed E-state index contributed by atoms with van der Waals surface area (Å²) in [6.07, 6.45) is 11.5. The van der Waals surface area contributed by atoms with Crippen molar-refractivity contribution in [1.82, 2.24) is 18.7 Å². The van der Waals surface area contributed by atoms with E-state index < -0.39 is 0 Å². The number of hydrogen-bond donors (Lipinski definition) is 0. The van der Waals surface area contributed by atoms with Crippen LogP contribution in [0.5, 0.6) is 0 Å². The molecular formula is C23H26N4O2. The number of allylic oxidation sites excluding steroid dienone is 1. The third-order valence-electron chi connectivity index (χ3n) is 6.27. The van der Waals surface area contributed by atoms with E-state index in [4.69, 9.17) is 4.98 Å². The fourth-order valence-corrected chi connectivity index (χ4v) is 4.73. The average Bonchev–Trinajstić information content (AvgIpc) is 3.15. The molecule has 0 atom stereocenters. The molecule has 3 heterocycles. The van der Waals surface area contributed by atoms with Crippen LogP contribution in [-0.4, -0.2) is 18.7 Å². The lowest BCUT2D eigenvalue weighted by Gasteiger charge is -2.22. The molecule has 0 unspecified atom stereocenters. The molecule has 0 saturated heterocycles. The monoisotopic (exact) mass is 390 g/mol. The van der Waals surface area contributed by atoms with E-state index in [0.717, 1.165) is 37.1 Å². The van der Waals surface area contributed by atoms with Crippen LogP contribution >= 0.6 is 0 Å². The highest BCUT2D eigenvalue weighted by Gasteiger charge is 2.24. The van der Waals surface area contributed by atoms with Crippen LogP contribution in [0.1, 0.15) is 49.9 Å². The van der Waals surface area contributed by atoms with Gasteiger partial charge in [0.1, 0.15) is 5.82 Å². The molecule has 1 aliphatic heterocycles. The molecule has 0 spiro atoms. The second-order valence-corrected chi connectivity index (χ2v) is 8.27. The topological polar surface area (TPSA) is 61.8 Å². The molecule has 5 rings (SSSR count). The number of imidazole rings is 1. The summed E-state index contributed by atoms with van der Waals surface area (Å²) in [6.45, 7) is 0.925. The minimum atomic E-state index is -0.239. The molecule has 1 fully saturated rings. The largest absolute Gasteiger partial charge is 0.333 e. The molecule has 0 N–H and O–H groups in total. The summed E-state index contributed by atoms with van der Waals surface area (Å²) < 4.78 is 5.05. The van der Waals surface area contributed by atoms with Crippen molar-refractivity contribution in [3.63, 3.8) is 0 Å². The summed E-state index contributed by atoms with van der Waals surface area (Å²) in [7, 11) is 0. The average molecular weight is 390 g/mol.